The first-order valence-electron chi connectivity index (χ1n) is 8.68. The number of morpholine rings is 1. The second kappa shape index (κ2) is 8.62. The van der Waals surface area contributed by atoms with Crippen molar-refractivity contribution in [2.75, 3.05) is 37.7 Å². The van der Waals surface area contributed by atoms with Gasteiger partial charge in [-0.05, 0) is 54.8 Å². The number of benzene rings is 2. The fraction of sp³-hybridized carbons (Fsp3) is 0.350. The van der Waals surface area contributed by atoms with E-state index in [-0.39, 0.29) is 11.7 Å². The molecule has 2 aromatic rings. The van der Waals surface area contributed by atoms with Crippen LogP contribution in [0, 0.1) is 5.82 Å². The minimum Gasteiger partial charge on any atom is -0.378 e. The Balaban J connectivity index is 1.43. The Morgan fingerprint density at radius 1 is 1.04 bits per heavy atom. The molecular weight excluding hydrogens is 319 g/mol. The lowest BCUT2D eigenvalue weighted by molar-refractivity contribution is 0.0953. The molecule has 2 aromatic carbocycles. The summed E-state index contributed by atoms with van der Waals surface area (Å²) < 4.78 is 18.2. The van der Waals surface area contributed by atoms with Crippen LogP contribution in [-0.4, -0.2) is 38.8 Å². The zero-order chi connectivity index (χ0) is 17.5. The maximum Gasteiger partial charge on any atom is 0.251 e. The van der Waals surface area contributed by atoms with Gasteiger partial charge in [0, 0.05) is 30.9 Å². The van der Waals surface area contributed by atoms with E-state index in [2.05, 4.69) is 10.2 Å². The molecule has 0 unspecified atom stereocenters. The predicted molar refractivity (Wildman–Crippen MR) is 96.5 cm³/mol. The first-order chi connectivity index (χ1) is 12.2. The first kappa shape index (κ1) is 17.4. The second-order valence-electron chi connectivity index (χ2n) is 6.13. The highest BCUT2D eigenvalue weighted by Gasteiger charge is 2.12. The van der Waals surface area contributed by atoms with Crippen LogP contribution in [0.25, 0.3) is 0 Å². The molecule has 4 nitrogen and oxygen atoms in total. The highest BCUT2D eigenvalue weighted by atomic mass is 19.1. The molecule has 3 rings (SSSR count). The van der Waals surface area contributed by atoms with E-state index in [4.69, 9.17) is 4.74 Å². The second-order valence-corrected chi connectivity index (χ2v) is 6.13. The third-order valence-electron chi connectivity index (χ3n) is 4.35. The highest BCUT2D eigenvalue weighted by molar-refractivity contribution is 5.94. The average molecular weight is 342 g/mol. The Hall–Kier alpha value is -2.40. The van der Waals surface area contributed by atoms with Crippen LogP contribution in [0.3, 0.4) is 0 Å². The van der Waals surface area contributed by atoms with Crippen molar-refractivity contribution >= 4 is 11.6 Å². The molecule has 1 amide bonds. The van der Waals surface area contributed by atoms with Gasteiger partial charge >= 0.3 is 0 Å². The number of amides is 1. The lowest BCUT2D eigenvalue weighted by Crippen LogP contribution is -2.36. The number of hydrogen-bond acceptors (Lipinski definition) is 3. The number of halogens is 1. The number of carbonyl (C=O) groups excluding carboxylic acids is 1. The Kier molecular flexibility index (Phi) is 6.01. The van der Waals surface area contributed by atoms with Crippen molar-refractivity contribution in [1.29, 1.82) is 0 Å². The molecule has 25 heavy (non-hydrogen) atoms. The number of anilines is 1. The van der Waals surface area contributed by atoms with E-state index in [1.54, 1.807) is 12.1 Å². The molecule has 0 spiro atoms. The number of aryl methyl sites for hydroxylation is 1. The topological polar surface area (TPSA) is 41.6 Å². The number of hydrogen-bond donors (Lipinski definition) is 1. The van der Waals surface area contributed by atoms with Crippen LogP contribution in [0.2, 0.25) is 0 Å². The SMILES string of the molecule is O=C(NCCCc1ccc(F)cc1)c1ccc(N2CCOCC2)cc1. The average Bonchev–Trinajstić information content (AvgIpc) is 2.67. The molecule has 1 fully saturated rings. The van der Waals surface area contributed by atoms with Crippen molar-refractivity contribution in [3.63, 3.8) is 0 Å². The minimum absolute atomic E-state index is 0.0624. The van der Waals surface area contributed by atoms with Crippen LogP contribution in [-0.2, 0) is 11.2 Å². The monoisotopic (exact) mass is 342 g/mol. The minimum atomic E-state index is -0.224. The number of carbonyl (C=O) groups is 1. The maximum atomic E-state index is 12.8. The molecule has 0 radical (unpaired) electrons. The van der Waals surface area contributed by atoms with Crippen LogP contribution in [0.5, 0.6) is 0 Å². The molecule has 0 aromatic heterocycles. The molecule has 1 saturated heterocycles. The van der Waals surface area contributed by atoms with Crippen molar-refractivity contribution in [3.05, 3.63) is 65.5 Å². The Morgan fingerprint density at radius 2 is 1.72 bits per heavy atom. The van der Waals surface area contributed by atoms with Crippen LogP contribution >= 0.6 is 0 Å². The first-order valence-corrected chi connectivity index (χ1v) is 8.68. The quantitative estimate of drug-likeness (QED) is 0.821. The Labute approximate surface area is 147 Å². The van der Waals surface area contributed by atoms with Gasteiger partial charge in [0.25, 0.3) is 5.91 Å². The summed E-state index contributed by atoms with van der Waals surface area (Å²) in [5.41, 5.74) is 2.86. The normalized spacial score (nSPS) is 14.4. The molecule has 0 bridgehead atoms. The largest absolute Gasteiger partial charge is 0.378 e. The summed E-state index contributed by atoms with van der Waals surface area (Å²) in [6.45, 7) is 3.86. The number of rotatable bonds is 6. The molecular formula is C20H23FN2O2. The summed E-state index contributed by atoms with van der Waals surface area (Å²) in [5.74, 6) is -0.287. The third-order valence-corrected chi connectivity index (χ3v) is 4.35. The summed E-state index contributed by atoms with van der Waals surface area (Å²) in [6, 6.07) is 14.2. The van der Waals surface area contributed by atoms with E-state index in [9.17, 15) is 9.18 Å². The third kappa shape index (κ3) is 5.03. The lowest BCUT2D eigenvalue weighted by Gasteiger charge is -2.28. The number of nitrogens with one attached hydrogen (secondary N) is 1. The van der Waals surface area contributed by atoms with Crippen LogP contribution in [0.15, 0.2) is 48.5 Å². The van der Waals surface area contributed by atoms with E-state index in [1.807, 2.05) is 24.3 Å². The Bertz CT molecular complexity index is 680. The lowest BCUT2D eigenvalue weighted by atomic mass is 10.1. The van der Waals surface area contributed by atoms with E-state index < -0.39 is 0 Å². The molecule has 0 aliphatic carbocycles. The summed E-state index contributed by atoms with van der Waals surface area (Å²) >= 11 is 0. The van der Waals surface area contributed by atoms with Gasteiger partial charge in [-0.25, -0.2) is 4.39 Å². The summed E-state index contributed by atoms with van der Waals surface area (Å²) in [7, 11) is 0. The molecule has 1 aliphatic heterocycles. The Morgan fingerprint density at radius 3 is 2.40 bits per heavy atom. The fourth-order valence-corrected chi connectivity index (χ4v) is 2.89. The van der Waals surface area contributed by atoms with E-state index in [0.29, 0.717) is 12.1 Å². The molecule has 0 atom stereocenters. The van der Waals surface area contributed by atoms with Gasteiger partial charge in [0.05, 0.1) is 13.2 Å². The van der Waals surface area contributed by atoms with Gasteiger partial charge in [0.2, 0.25) is 0 Å². The van der Waals surface area contributed by atoms with Crippen LogP contribution in [0.1, 0.15) is 22.3 Å². The van der Waals surface area contributed by atoms with E-state index >= 15 is 0 Å². The molecule has 132 valence electrons. The highest BCUT2D eigenvalue weighted by Crippen LogP contribution is 2.16. The zero-order valence-electron chi connectivity index (χ0n) is 14.2. The summed E-state index contributed by atoms with van der Waals surface area (Å²) in [4.78, 5) is 14.5. The van der Waals surface area contributed by atoms with E-state index in [1.165, 1.54) is 12.1 Å². The summed E-state index contributed by atoms with van der Waals surface area (Å²) in [6.07, 6.45) is 1.64. The van der Waals surface area contributed by atoms with Gasteiger partial charge in [0.1, 0.15) is 5.82 Å². The summed E-state index contributed by atoms with van der Waals surface area (Å²) in [5, 5.41) is 2.93. The standard InChI is InChI=1S/C20H23FN2O2/c21-18-7-3-16(4-8-18)2-1-11-22-20(24)17-5-9-19(10-6-17)23-12-14-25-15-13-23/h3-10H,1-2,11-15H2,(H,22,24). The van der Waals surface area contributed by atoms with Gasteiger partial charge in [-0.2, -0.15) is 0 Å². The van der Waals surface area contributed by atoms with Crippen LogP contribution in [0.4, 0.5) is 10.1 Å². The predicted octanol–water partition coefficient (Wildman–Crippen LogP) is 3.02. The molecule has 1 heterocycles. The van der Waals surface area contributed by atoms with Crippen molar-refractivity contribution < 1.29 is 13.9 Å². The zero-order valence-corrected chi connectivity index (χ0v) is 14.2. The van der Waals surface area contributed by atoms with Gasteiger partial charge < -0.3 is 15.0 Å². The van der Waals surface area contributed by atoms with Crippen molar-refractivity contribution in [2.24, 2.45) is 0 Å². The number of ether oxygens (including phenoxy) is 1. The van der Waals surface area contributed by atoms with Crippen molar-refractivity contribution in [1.82, 2.24) is 5.32 Å². The van der Waals surface area contributed by atoms with Gasteiger partial charge in [-0.15, -0.1) is 0 Å². The molecule has 1 N–H and O–H groups in total. The molecule has 0 saturated carbocycles. The number of nitrogens with zero attached hydrogens (tertiary/aromatic N) is 1. The smallest absolute Gasteiger partial charge is 0.251 e. The van der Waals surface area contributed by atoms with Crippen molar-refractivity contribution in [3.8, 4) is 0 Å². The van der Waals surface area contributed by atoms with Gasteiger partial charge in [0.15, 0.2) is 0 Å². The molecule has 5 heteroatoms. The maximum absolute atomic E-state index is 12.8. The van der Waals surface area contributed by atoms with E-state index in [0.717, 1.165) is 50.4 Å². The van der Waals surface area contributed by atoms with Crippen molar-refractivity contribution in [2.45, 2.75) is 12.8 Å². The van der Waals surface area contributed by atoms with Gasteiger partial charge in [-0.3, -0.25) is 4.79 Å². The van der Waals surface area contributed by atoms with Crippen LogP contribution < -0.4 is 10.2 Å². The molecule has 1 aliphatic rings. The van der Waals surface area contributed by atoms with Gasteiger partial charge in [-0.1, -0.05) is 12.1 Å². The fourth-order valence-electron chi connectivity index (χ4n) is 2.89.